The SMILES string of the molecule is CC(c1ccccc1Cl)N(C)CC(C#N)c1ccccc1. The van der Waals surface area contributed by atoms with Crippen molar-refractivity contribution < 1.29 is 0 Å². The third kappa shape index (κ3) is 3.85. The average Bonchev–Trinajstić information content (AvgIpc) is 2.53. The monoisotopic (exact) mass is 298 g/mol. The normalized spacial score (nSPS) is 13.7. The standard InChI is InChI=1S/C18H19ClN2/c1-14(17-10-6-7-11-18(17)19)21(2)13-16(12-20)15-8-4-3-5-9-15/h3-11,14,16H,13H2,1-2H3. The fourth-order valence-corrected chi connectivity index (χ4v) is 2.70. The van der Waals surface area contributed by atoms with Crippen LogP contribution in [0.2, 0.25) is 5.02 Å². The number of nitriles is 1. The summed E-state index contributed by atoms with van der Waals surface area (Å²) in [4.78, 5) is 2.17. The zero-order valence-corrected chi connectivity index (χ0v) is 13.1. The minimum absolute atomic E-state index is 0.138. The lowest BCUT2D eigenvalue weighted by atomic mass is 9.99. The molecule has 2 aromatic rings. The lowest BCUT2D eigenvalue weighted by molar-refractivity contribution is 0.257. The van der Waals surface area contributed by atoms with Crippen LogP contribution < -0.4 is 0 Å². The maximum atomic E-state index is 9.43. The maximum Gasteiger partial charge on any atom is 0.0839 e. The van der Waals surface area contributed by atoms with Gasteiger partial charge in [-0.15, -0.1) is 0 Å². The molecule has 3 heteroatoms. The summed E-state index contributed by atoms with van der Waals surface area (Å²) in [7, 11) is 2.03. The second-order valence-corrected chi connectivity index (χ2v) is 5.64. The summed E-state index contributed by atoms with van der Waals surface area (Å²) in [5, 5.41) is 10.2. The number of rotatable bonds is 5. The second-order valence-electron chi connectivity index (χ2n) is 5.23. The van der Waals surface area contributed by atoms with Gasteiger partial charge in [-0.1, -0.05) is 60.1 Å². The van der Waals surface area contributed by atoms with Gasteiger partial charge in [-0.25, -0.2) is 0 Å². The van der Waals surface area contributed by atoms with Gasteiger partial charge in [-0.2, -0.15) is 5.26 Å². The minimum Gasteiger partial charge on any atom is -0.298 e. The smallest absolute Gasteiger partial charge is 0.0839 e. The van der Waals surface area contributed by atoms with Gasteiger partial charge >= 0.3 is 0 Å². The zero-order chi connectivity index (χ0) is 15.2. The van der Waals surface area contributed by atoms with E-state index in [2.05, 4.69) is 17.9 Å². The molecule has 0 spiro atoms. The molecule has 0 saturated carbocycles. The highest BCUT2D eigenvalue weighted by molar-refractivity contribution is 6.31. The Kier molecular flexibility index (Phi) is 5.38. The molecule has 0 bridgehead atoms. The van der Waals surface area contributed by atoms with Gasteiger partial charge in [0.05, 0.1) is 12.0 Å². The average molecular weight is 299 g/mol. The Hall–Kier alpha value is -1.82. The van der Waals surface area contributed by atoms with Crippen LogP contribution in [0.5, 0.6) is 0 Å². The third-order valence-electron chi connectivity index (χ3n) is 3.84. The van der Waals surface area contributed by atoms with Crippen molar-refractivity contribution in [2.45, 2.75) is 18.9 Å². The minimum atomic E-state index is -0.138. The first-order valence-corrected chi connectivity index (χ1v) is 7.40. The van der Waals surface area contributed by atoms with Gasteiger partial charge in [0.1, 0.15) is 0 Å². The third-order valence-corrected chi connectivity index (χ3v) is 4.19. The van der Waals surface area contributed by atoms with Gasteiger partial charge < -0.3 is 0 Å². The number of likely N-dealkylation sites (N-methyl/N-ethyl adjacent to an activating group) is 1. The van der Waals surface area contributed by atoms with Crippen LogP contribution in [0.3, 0.4) is 0 Å². The Bertz CT molecular complexity index is 619. The molecule has 2 unspecified atom stereocenters. The molecule has 0 fully saturated rings. The van der Waals surface area contributed by atoms with Crippen LogP contribution in [-0.2, 0) is 0 Å². The van der Waals surface area contributed by atoms with E-state index in [1.54, 1.807) is 0 Å². The fraction of sp³-hybridized carbons (Fsp3) is 0.278. The zero-order valence-electron chi connectivity index (χ0n) is 12.3. The van der Waals surface area contributed by atoms with E-state index in [1.807, 2.05) is 61.6 Å². The van der Waals surface area contributed by atoms with E-state index >= 15 is 0 Å². The van der Waals surface area contributed by atoms with Crippen molar-refractivity contribution in [1.82, 2.24) is 4.90 Å². The lowest BCUT2D eigenvalue weighted by Crippen LogP contribution is -2.27. The van der Waals surface area contributed by atoms with E-state index in [0.717, 1.165) is 16.1 Å². The van der Waals surface area contributed by atoms with E-state index in [1.165, 1.54) is 0 Å². The molecular formula is C18H19ClN2. The molecule has 21 heavy (non-hydrogen) atoms. The molecule has 2 nitrogen and oxygen atoms in total. The molecule has 0 aliphatic carbocycles. The first-order valence-electron chi connectivity index (χ1n) is 7.02. The van der Waals surface area contributed by atoms with E-state index in [4.69, 9.17) is 11.6 Å². The molecule has 0 radical (unpaired) electrons. The van der Waals surface area contributed by atoms with Crippen LogP contribution in [0.25, 0.3) is 0 Å². The molecule has 2 aromatic carbocycles. The van der Waals surface area contributed by atoms with Crippen molar-refractivity contribution in [3.05, 3.63) is 70.7 Å². The Labute approximate surface area is 131 Å². The van der Waals surface area contributed by atoms with Gasteiger partial charge in [0, 0.05) is 17.6 Å². The van der Waals surface area contributed by atoms with Crippen LogP contribution in [0.1, 0.15) is 30.0 Å². The molecule has 0 aliphatic rings. The number of benzene rings is 2. The topological polar surface area (TPSA) is 27.0 Å². The van der Waals surface area contributed by atoms with E-state index < -0.39 is 0 Å². The lowest BCUT2D eigenvalue weighted by Gasteiger charge is -2.27. The maximum absolute atomic E-state index is 9.43. The summed E-state index contributed by atoms with van der Waals surface area (Å²) in [6.07, 6.45) is 0. The van der Waals surface area contributed by atoms with Crippen molar-refractivity contribution in [1.29, 1.82) is 5.26 Å². The summed E-state index contributed by atoms with van der Waals surface area (Å²) in [5.74, 6) is -0.138. The highest BCUT2D eigenvalue weighted by Gasteiger charge is 2.19. The van der Waals surface area contributed by atoms with Crippen molar-refractivity contribution in [2.75, 3.05) is 13.6 Å². The fourth-order valence-electron chi connectivity index (χ4n) is 2.40. The Morgan fingerprint density at radius 2 is 1.71 bits per heavy atom. The first-order chi connectivity index (χ1) is 10.1. The van der Waals surface area contributed by atoms with Crippen LogP contribution in [-0.4, -0.2) is 18.5 Å². The quantitative estimate of drug-likeness (QED) is 0.804. The molecule has 0 aromatic heterocycles. The van der Waals surface area contributed by atoms with E-state index in [9.17, 15) is 5.26 Å². The molecule has 0 saturated heterocycles. The summed E-state index contributed by atoms with van der Waals surface area (Å²) in [6.45, 7) is 2.79. The number of nitrogens with zero attached hydrogens (tertiary/aromatic N) is 2. The van der Waals surface area contributed by atoms with Crippen molar-refractivity contribution >= 4 is 11.6 Å². The van der Waals surface area contributed by atoms with Crippen LogP contribution in [0.15, 0.2) is 54.6 Å². The number of halogens is 1. The van der Waals surface area contributed by atoms with Gasteiger partial charge in [0.15, 0.2) is 0 Å². The van der Waals surface area contributed by atoms with Crippen molar-refractivity contribution in [2.24, 2.45) is 0 Å². The summed E-state index contributed by atoms with van der Waals surface area (Å²) < 4.78 is 0. The largest absolute Gasteiger partial charge is 0.298 e. The Morgan fingerprint density at radius 3 is 2.33 bits per heavy atom. The Morgan fingerprint density at radius 1 is 1.10 bits per heavy atom. The number of hydrogen-bond acceptors (Lipinski definition) is 2. The first kappa shape index (κ1) is 15.6. The summed E-state index contributed by atoms with van der Waals surface area (Å²) in [6, 6.07) is 20.3. The van der Waals surface area contributed by atoms with Crippen molar-refractivity contribution in [3.63, 3.8) is 0 Å². The summed E-state index contributed by atoms with van der Waals surface area (Å²) in [5.41, 5.74) is 2.14. The van der Waals surface area contributed by atoms with Crippen LogP contribution in [0.4, 0.5) is 0 Å². The molecule has 2 atom stereocenters. The highest BCUT2D eigenvalue weighted by Crippen LogP contribution is 2.28. The van der Waals surface area contributed by atoms with Gasteiger partial charge in [0.2, 0.25) is 0 Å². The van der Waals surface area contributed by atoms with Gasteiger partial charge in [0.25, 0.3) is 0 Å². The van der Waals surface area contributed by atoms with E-state index in [-0.39, 0.29) is 12.0 Å². The van der Waals surface area contributed by atoms with Gasteiger partial charge in [-0.05, 0) is 31.2 Å². The predicted molar refractivity (Wildman–Crippen MR) is 87.3 cm³/mol. The molecule has 0 amide bonds. The second kappa shape index (κ2) is 7.26. The number of hydrogen-bond donors (Lipinski definition) is 0. The van der Waals surface area contributed by atoms with Crippen LogP contribution >= 0.6 is 11.6 Å². The molecule has 0 N–H and O–H groups in total. The molecular weight excluding hydrogens is 280 g/mol. The molecule has 108 valence electrons. The van der Waals surface area contributed by atoms with Crippen molar-refractivity contribution in [3.8, 4) is 6.07 Å². The predicted octanol–water partition coefficient (Wildman–Crippen LogP) is 4.64. The molecule has 2 rings (SSSR count). The molecule has 0 heterocycles. The molecule has 0 aliphatic heterocycles. The Balaban J connectivity index is 2.12. The van der Waals surface area contributed by atoms with Gasteiger partial charge in [-0.3, -0.25) is 4.90 Å². The highest BCUT2D eigenvalue weighted by atomic mass is 35.5. The van der Waals surface area contributed by atoms with E-state index in [0.29, 0.717) is 6.54 Å². The van der Waals surface area contributed by atoms with Crippen LogP contribution in [0, 0.1) is 11.3 Å². The summed E-state index contributed by atoms with van der Waals surface area (Å²) >= 11 is 6.26.